The molecule has 2 heterocycles. The van der Waals surface area contributed by atoms with Gasteiger partial charge in [0, 0.05) is 13.5 Å². The molecule has 10 heteroatoms. The van der Waals surface area contributed by atoms with Gasteiger partial charge in [0.2, 0.25) is 5.91 Å². The summed E-state index contributed by atoms with van der Waals surface area (Å²) in [5, 5.41) is 21.3. The Bertz CT molecular complexity index is 688. The van der Waals surface area contributed by atoms with Gasteiger partial charge in [-0.15, -0.1) is 0 Å². The van der Waals surface area contributed by atoms with Crippen molar-refractivity contribution in [3.8, 4) is 0 Å². The number of hydrogen-bond acceptors (Lipinski definition) is 5. The second kappa shape index (κ2) is 6.69. The molecule has 0 bridgehead atoms. The van der Waals surface area contributed by atoms with Crippen molar-refractivity contribution in [1.29, 1.82) is 0 Å². The largest absolute Gasteiger partial charge is 0.390 e. The number of aromatic nitrogens is 4. The van der Waals surface area contributed by atoms with Crippen molar-refractivity contribution in [3.05, 3.63) is 38.2 Å². The zero-order valence-corrected chi connectivity index (χ0v) is 13.7. The summed E-state index contributed by atoms with van der Waals surface area (Å²) in [7, 11) is 1.79. The van der Waals surface area contributed by atoms with Crippen molar-refractivity contribution in [3.63, 3.8) is 0 Å². The Labute approximate surface area is 134 Å². The highest BCUT2D eigenvalue weighted by atomic mass is 79.9. The number of rotatable bonds is 6. The zero-order valence-electron chi connectivity index (χ0n) is 12.1. The van der Waals surface area contributed by atoms with Crippen LogP contribution in [0.4, 0.5) is 5.82 Å². The topological polar surface area (TPSA) is 108 Å². The van der Waals surface area contributed by atoms with E-state index in [0.29, 0.717) is 12.2 Å². The molecule has 0 aliphatic heterocycles. The van der Waals surface area contributed by atoms with E-state index < -0.39 is 4.92 Å². The summed E-state index contributed by atoms with van der Waals surface area (Å²) in [4.78, 5) is 21.9. The number of hydrogen-bond donors (Lipinski definition) is 1. The summed E-state index contributed by atoms with van der Waals surface area (Å²) in [5.41, 5.74) is 1.51. The predicted octanol–water partition coefficient (Wildman–Crippen LogP) is 1.30. The van der Waals surface area contributed by atoms with Gasteiger partial charge in [0.1, 0.15) is 0 Å². The maximum absolute atomic E-state index is 11.9. The fourth-order valence-electron chi connectivity index (χ4n) is 1.92. The Balaban J connectivity index is 1.87. The summed E-state index contributed by atoms with van der Waals surface area (Å²) >= 11 is 3.36. The number of amides is 1. The molecular weight excluding hydrogens is 356 g/mol. The molecule has 2 rings (SSSR count). The molecule has 0 unspecified atom stereocenters. The van der Waals surface area contributed by atoms with E-state index in [-0.39, 0.29) is 24.7 Å². The lowest BCUT2D eigenvalue weighted by Crippen LogP contribution is -2.25. The molecule has 0 saturated carbocycles. The third-order valence-corrected chi connectivity index (χ3v) is 3.83. The minimum absolute atomic E-state index is 0.161. The Kier molecular flexibility index (Phi) is 4.91. The first-order valence-corrected chi connectivity index (χ1v) is 7.29. The minimum atomic E-state index is -0.552. The van der Waals surface area contributed by atoms with Crippen LogP contribution in [0.3, 0.4) is 0 Å². The summed E-state index contributed by atoms with van der Waals surface area (Å²) in [6.45, 7) is 2.36. The van der Waals surface area contributed by atoms with Crippen LogP contribution in [-0.4, -0.2) is 30.4 Å². The van der Waals surface area contributed by atoms with Gasteiger partial charge in [0.05, 0.1) is 46.3 Å². The van der Waals surface area contributed by atoms with Crippen molar-refractivity contribution in [1.82, 2.24) is 24.9 Å². The van der Waals surface area contributed by atoms with Crippen LogP contribution in [0, 0.1) is 17.0 Å². The van der Waals surface area contributed by atoms with Crippen molar-refractivity contribution in [2.24, 2.45) is 7.05 Å². The van der Waals surface area contributed by atoms with Gasteiger partial charge >= 0.3 is 5.82 Å². The Hall–Kier alpha value is -2.23. The SMILES string of the molecule is Cc1cc([N+](=O)[O-])nn1CCC(=O)NCc1c(Br)cnn1C. The molecule has 9 nitrogen and oxygen atoms in total. The molecule has 0 radical (unpaired) electrons. The zero-order chi connectivity index (χ0) is 16.3. The molecule has 1 N–H and O–H groups in total. The molecule has 0 fully saturated rings. The van der Waals surface area contributed by atoms with Gasteiger partial charge < -0.3 is 15.4 Å². The lowest BCUT2D eigenvalue weighted by molar-refractivity contribution is -0.389. The second-order valence-corrected chi connectivity index (χ2v) is 5.57. The highest BCUT2D eigenvalue weighted by Crippen LogP contribution is 2.14. The van der Waals surface area contributed by atoms with Gasteiger partial charge in [-0.1, -0.05) is 0 Å². The monoisotopic (exact) mass is 370 g/mol. The van der Waals surface area contributed by atoms with E-state index in [1.54, 1.807) is 24.9 Å². The maximum atomic E-state index is 11.9. The number of carbonyl (C=O) groups is 1. The molecule has 0 saturated heterocycles. The van der Waals surface area contributed by atoms with Gasteiger partial charge in [-0.2, -0.15) is 9.78 Å². The number of nitro groups is 1. The van der Waals surface area contributed by atoms with Gasteiger partial charge in [-0.3, -0.25) is 9.48 Å². The van der Waals surface area contributed by atoms with Crippen LogP contribution in [0.5, 0.6) is 0 Å². The lowest BCUT2D eigenvalue weighted by atomic mass is 10.3. The summed E-state index contributed by atoms with van der Waals surface area (Å²) < 4.78 is 3.96. The molecule has 0 spiro atoms. The van der Waals surface area contributed by atoms with Crippen LogP contribution in [0.1, 0.15) is 17.8 Å². The van der Waals surface area contributed by atoms with Crippen molar-refractivity contribution >= 4 is 27.7 Å². The normalized spacial score (nSPS) is 10.7. The Morgan fingerprint density at radius 1 is 1.55 bits per heavy atom. The summed E-state index contributed by atoms with van der Waals surface area (Å²) in [6, 6.07) is 1.38. The summed E-state index contributed by atoms with van der Waals surface area (Å²) in [6.07, 6.45) is 1.85. The van der Waals surface area contributed by atoms with Crippen molar-refractivity contribution in [2.75, 3.05) is 0 Å². The first kappa shape index (κ1) is 16.1. The lowest BCUT2D eigenvalue weighted by Gasteiger charge is -2.06. The third kappa shape index (κ3) is 3.70. The molecular formula is C12H15BrN6O3. The van der Waals surface area contributed by atoms with E-state index in [2.05, 4.69) is 31.4 Å². The van der Waals surface area contributed by atoms with Gasteiger partial charge in [0.25, 0.3) is 0 Å². The molecule has 22 heavy (non-hydrogen) atoms. The van der Waals surface area contributed by atoms with Crippen LogP contribution in [-0.2, 0) is 24.9 Å². The van der Waals surface area contributed by atoms with Crippen LogP contribution < -0.4 is 5.32 Å². The predicted molar refractivity (Wildman–Crippen MR) is 81.0 cm³/mol. The Morgan fingerprint density at radius 2 is 2.27 bits per heavy atom. The molecule has 2 aromatic rings. The van der Waals surface area contributed by atoms with Gasteiger partial charge in [0.15, 0.2) is 0 Å². The van der Waals surface area contributed by atoms with E-state index in [4.69, 9.17) is 0 Å². The first-order valence-electron chi connectivity index (χ1n) is 6.50. The Morgan fingerprint density at radius 3 is 2.82 bits per heavy atom. The smallest absolute Gasteiger partial charge is 0.358 e. The third-order valence-electron chi connectivity index (χ3n) is 3.17. The minimum Gasteiger partial charge on any atom is -0.358 e. The van der Waals surface area contributed by atoms with Crippen molar-refractivity contribution in [2.45, 2.75) is 26.4 Å². The van der Waals surface area contributed by atoms with Gasteiger partial charge in [-0.25, -0.2) is 0 Å². The van der Waals surface area contributed by atoms with Gasteiger partial charge in [-0.05, 0) is 27.8 Å². The molecule has 0 aliphatic carbocycles. The maximum Gasteiger partial charge on any atom is 0.390 e. The fourth-order valence-corrected chi connectivity index (χ4v) is 2.41. The number of aryl methyl sites for hydroxylation is 3. The molecule has 118 valence electrons. The van der Waals surface area contributed by atoms with E-state index in [0.717, 1.165) is 10.2 Å². The van der Waals surface area contributed by atoms with Crippen LogP contribution in [0.15, 0.2) is 16.7 Å². The molecule has 1 amide bonds. The number of nitrogens with one attached hydrogen (secondary N) is 1. The van der Waals surface area contributed by atoms with Crippen LogP contribution in [0.2, 0.25) is 0 Å². The molecule has 2 aromatic heterocycles. The second-order valence-electron chi connectivity index (χ2n) is 4.71. The molecule has 0 aromatic carbocycles. The van der Waals surface area contributed by atoms with Crippen LogP contribution >= 0.6 is 15.9 Å². The first-order chi connectivity index (χ1) is 10.4. The number of nitrogens with zero attached hydrogens (tertiary/aromatic N) is 5. The number of halogens is 1. The number of carbonyl (C=O) groups excluding carboxylic acids is 1. The fraction of sp³-hybridized carbons (Fsp3) is 0.417. The average Bonchev–Trinajstić information content (AvgIpc) is 2.98. The molecule has 0 atom stereocenters. The average molecular weight is 371 g/mol. The van der Waals surface area contributed by atoms with Crippen LogP contribution in [0.25, 0.3) is 0 Å². The quantitative estimate of drug-likeness (QED) is 0.608. The standard InChI is InChI=1S/C12H15BrN6O3/c1-8-5-11(19(21)22)16-18(8)4-3-12(20)14-7-10-9(13)6-15-17(10)2/h5-6H,3-4,7H2,1-2H3,(H,14,20). The van der Waals surface area contributed by atoms with E-state index in [1.165, 1.54) is 10.7 Å². The van der Waals surface area contributed by atoms with E-state index in [1.807, 2.05) is 0 Å². The highest BCUT2D eigenvalue weighted by Gasteiger charge is 2.16. The van der Waals surface area contributed by atoms with E-state index >= 15 is 0 Å². The van der Waals surface area contributed by atoms with Crippen molar-refractivity contribution < 1.29 is 9.72 Å². The molecule has 0 aliphatic rings. The highest BCUT2D eigenvalue weighted by molar-refractivity contribution is 9.10. The van der Waals surface area contributed by atoms with E-state index in [9.17, 15) is 14.9 Å². The summed E-state index contributed by atoms with van der Waals surface area (Å²) in [5.74, 6) is -0.373.